The fraction of sp³-hybridized carbons (Fsp3) is 0.571. The van der Waals surface area contributed by atoms with E-state index in [4.69, 9.17) is 4.74 Å². The lowest BCUT2D eigenvalue weighted by molar-refractivity contribution is 0.415. The third-order valence-corrected chi connectivity index (χ3v) is 5.36. The van der Waals surface area contributed by atoms with Crippen molar-refractivity contribution >= 4 is 15.5 Å². The lowest BCUT2D eigenvalue weighted by Crippen LogP contribution is -2.46. The summed E-state index contributed by atoms with van der Waals surface area (Å²) in [6.07, 6.45) is 0.821. The van der Waals surface area contributed by atoms with E-state index >= 15 is 0 Å². The van der Waals surface area contributed by atoms with Crippen molar-refractivity contribution in [1.29, 1.82) is 0 Å². The minimum absolute atomic E-state index is 0.0643. The second-order valence-electron chi connectivity index (χ2n) is 5.17. The number of sulfone groups is 1. The van der Waals surface area contributed by atoms with Crippen LogP contribution in [0.15, 0.2) is 24.3 Å². The molecule has 0 spiro atoms. The molecule has 0 bridgehead atoms. The molecule has 1 N–H and O–H groups in total. The quantitative estimate of drug-likeness (QED) is 0.875. The van der Waals surface area contributed by atoms with Crippen molar-refractivity contribution in [2.45, 2.75) is 12.5 Å². The average molecular weight is 298 g/mol. The Bertz CT molecular complexity index is 528. The molecule has 1 aliphatic rings. The minimum atomic E-state index is -2.85. The molecule has 1 atom stereocenters. The summed E-state index contributed by atoms with van der Waals surface area (Å²) in [5.41, 5.74) is 1.10. The molecule has 0 saturated carbocycles. The third-order valence-electron chi connectivity index (χ3n) is 3.63. The smallest absolute Gasteiger partial charge is 0.153 e. The van der Waals surface area contributed by atoms with E-state index in [0.29, 0.717) is 6.54 Å². The number of hydrogen-bond donors (Lipinski definition) is 1. The molecule has 1 aliphatic heterocycles. The van der Waals surface area contributed by atoms with E-state index < -0.39 is 9.84 Å². The van der Waals surface area contributed by atoms with Crippen molar-refractivity contribution in [1.82, 2.24) is 5.32 Å². The van der Waals surface area contributed by atoms with Crippen LogP contribution in [0.25, 0.3) is 0 Å². The summed E-state index contributed by atoms with van der Waals surface area (Å²) in [5, 5.41) is 3.27. The van der Waals surface area contributed by atoms with Crippen LogP contribution in [0.3, 0.4) is 0 Å². The second kappa shape index (κ2) is 6.45. The number of benzene rings is 1. The van der Waals surface area contributed by atoms with Crippen LogP contribution in [-0.4, -0.2) is 53.2 Å². The van der Waals surface area contributed by atoms with Crippen molar-refractivity contribution in [3.63, 3.8) is 0 Å². The number of methoxy groups -OCH3 is 1. The number of hydrogen-bond acceptors (Lipinski definition) is 5. The van der Waals surface area contributed by atoms with Crippen LogP contribution in [0.4, 0.5) is 5.69 Å². The minimum Gasteiger partial charge on any atom is -0.497 e. The highest BCUT2D eigenvalue weighted by Gasteiger charge is 2.24. The van der Waals surface area contributed by atoms with Gasteiger partial charge < -0.3 is 15.0 Å². The van der Waals surface area contributed by atoms with Crippen molar-refractivity contribution < 1.29 is 13.2 Å². The van der Waals surface area contributed by atoms with E-state index in [2.05, 4.69) is 10.2 Å². The number of anilines is 1. The van der Waals surface area contributed by atoms with Crippen molar-refractivity contribution in [2.24, 2.45) is 0 Å². The van der Waals surface area contributed by atoms with Crippen molar-refractivity contribution in [3.8, 4) is 5.75 Å². The van der Waals surface area contributed by atoms with Crippen LogP contribution in [0.5, 0.6) is 5.75 Å². The Hall–Kier alpha value is -1.27. The summed E-state index contributed by atoms with van der Waals surface area (Å²) in [5.74, 6) is 1.35. The van der Waals surface area contributed by atoms with Gasteiger partial charge in [0.05, 0.1) is 18.6 Å². The van der Waals surface area contributed by atoms with Gasteiger partial charge in [0.1, 0.15) is 5.75 Å². The number of nitrogens with zero attached hydrogens (tertiary/aromatic N) is 1. The topological polar surface area (TPSA) is 58.6 Å². The van der Waals surface area contributed by atoms with Gasteiger partial charge in [-0.05, 0) is 30.7 Å². The first-order valence-electron chi connectivity index (χ1n) is 6.79. The Balaban J connectivity index is 1.86. The highest BCUT2D eigenvalue weighted by Crippen LogP contribution is 2.18. The van der Waals surface area contributed by atoms with Gasteiger partial charge in [0, 0.05) is 31.9 Å². The molecule has 112 valence electrons. The molecule has 1 unspecified atom stereocenters. The summed E-state index contributed by atoms with van der Waals surface area (Å²) < 4.78 is 28.3. The molecule has 1 fully saturated rings. The van der Waals surface area contributed by atoms with Crippen LogP contribution in [0.1, 0.15) is 6.42 Å². The van der Waals surface area contributed by atoms with Gasteiger partial charge in [-0.15, -0.1) is 0 Å². The molecule has 20 heavy (non-hydrogen) atoms. The monoisotopic (exact) mass is 298 g/mol. The lowest BCUT2D eigenvalue weighted by Gasteiger charge is -2.27. The predicted molar refractivity (Wildman–Crippen MR) is 81.3 cm³/mol. The van der Waals surface area contributed by atoms with E-state index in [9.17, 15) is 8.42 Å². The van der Waals surface area contributed by atoms with Crippen molar-refractivity contribution in [2.75, 3.05) is 43.7 Å². The highest BCUT2D eigenvalue weighted by molar-refractivity contribution is 7.91. The Morgan fingerprint density at radius 3 is 2.65 bits per heavy atom. The molecule has 2 rings (SSSR count). The molecule has 1 aromatic rings. The summed E-state index contributed by atoms with van der Waals surface area (Å²) in [4.78, 5) is 2.13. The standard InChI is InChI=1S/C14H22N2O3S/c1-16(13-3-5-14(19-2)6-4-13)9-7-12-11-20(17,18)10-8-15-12/h3-6,12,15H,7-11H2,1-2H3. The van der Waals surface area contributed by atoms with Crippen LogP contribution >= 0.6 is 0 Å². The third kappa shape index (κ3) is 4.11. The van der Waals surface area contributed by atoms with Crippen molar-refractivity contribution in [3.05, 3.63) is 24.3 Å². The van der Waals surface area contributed by atoms with E-state index in [1.165, 1.54) is 0 Å². The van der Waals surface area contributed by atoms with Crippen LogP contribution in [-0.2, 0) is 9.84 Å². The van der Waals surface area contributed by atoms with E-state index in [1.54, 1.807) is 7.11 Å². The van der Waals surface area contributed by atoms with E-state index in [0.717, 1.165) is 24.4 Å². The molecule has 1 aromatic carbocycles. The van der Waals surface area contributed by atoms with Gasteiger partial charge in [-0.1, -0.05) is 0 Å². The molecule has 0 amide bonds. The zero-order chi connectivity index (χ0) is 14.6. The summed E-state index contributed by atoms with van der Waals surface area (Å²) in [7, 11) is 0.809. The zero-order valence-corrected chi connectivity index (χ0v) is 12.8. The molecule has 0 aliphatic carbocycles. The first-order valence-corrected chi connectivity index (χ1v) is 8.61. The van der Waals surface area contributed by atoms with Gasteiger partial charge in [-0.3, -0.25) is 0 Å². The summed E-state index contributed by atoms with van der Waals surface area (Å²) in [6, 6.07) is 7.92. The van der Waals surface area contributed by atoms with E-state index in [-0.39, 0.29) is 17.5 Å². The molecule has 0 radical (unpaired) electrons. The van der Waals surface area contributed by atoms with Crippen LogP contribution < -0.4 is 15.0 Å². The van der Waals surface area contributed by atoms with Gasteiger partial charge in [-0.25, -0.2) is 8.42 Å². The Morgan fingerprint density at radius 1 is 1.35 bits per heavy atom. The van der Waals surface area contributed by atoms with Gasteiger partial charge in [0.25, 0.3) is 0 Å². The first kappa shape index (κ1) is 15.1. The molecule has 1 heterocycles. The summed E-state index contributed by atoms with van der Waals surface area (Å²) in [6.45, 7) is 1.39. The van der Waals surface area contributed by atoms with Gasteiger partial charge >= 0.3 is 0 Å². The molecular formula is C14H22N2O3S. The Morgan fingerprint density at radius 2 is 2.05 bits per heavy atom. The first-order chi connectivity index (χ1) is 9.50. The molecule has 6 heteroatoms. The second-order valence-corrected chi connectivity index (χ2v) is 7.40. The molecule has 1 saturated heterocycles. The molecular weight excluding hydrogens is 276 g/mol. The van der Waals surface area contributed by atoms with Gasteiger partial charge in [0.15, 0.2) is 9.84 Å². The van der Waals surface area contributed by atoms with Crippen LogP contribution in [0.2, 0.25) is 0 Å². The largest absolute Gasteiger partial charge is 0.497 e. The Labute approximate surface area is 120 Å². The maximum atomic E-state index is 11.6. The Kier molecular flexibility index (Phi) is 4.88. The maximum Gasteiger partial charge on any atom is 0.153 e. The number of nitrogens with one attached hydrogen (secondary N) is 1. The number of ether oxygens (including phenoxy) is 1. The fourth-order valence-electron chi connectivity index (χ4n) is 2.37. The lowest BCUT2D eigenvalue weighted by atomic mass is 10.2. The SMILES string of the molecule is COc1ccc(N(C)CCC2CS(=O)(=O)CCN2)cc1. The normalized spacial score (nSPS) is 21.4. The van der Waals surface area contributed by atoms with Gasteiger partial charge in [0.2, 0.25) is 0 Å². The summed E-state index contributed by atoms with van der Waals surface area (Å²) >= 11 is 0. The number of rotatable bonds is 5. The fourth-order valence-corrected chi connectivity index (χ4v) is 3.86. The maximum absolute atomic E-state index is 11.6. The zero-order valence-electron chi connectivity index (χ0n) is 12.0. The molecule has 0 aromatic heterocycles. The van der Waals surface area contributed by atoms with Gasteiger partial charge in [-0.2, -0.15) is 0 Å². The predicted octanol–water partition coefficient (Wildman–Crippen LogP) is 0.908. The van der Waals surface area contributed by atoms with E-state index in [1.807, 2.05) is 31.3 Å². The average Bonchev–Trinajstić information content (AvgIpc) is 2.44. The van der Waals surface area contributed by atoms with Crippen LogP contribution in [0, 0.1) is 0 Å². The highest BCUT2D eigenvalue weighted by atomic mass is 32.2. The molecule has 5 nitrogen and oxygen atoms in total.